The van der Waals surface area contributed by atoms with Crippen LogP contribution in [0.1, 0.15) is 194 Å². The van der Waals surface area contributed by atoms with Crippen molar-refractivity contribution in [2.45, 2.75) is 200 Å². The number of unbranched alkanes of at least 4 members (excludes halogenated alkanes) is 23. The normalized spacial score (nSPS) is 12.2. The molecule has 0 rings (SSSR count). The van der Waals surface area contributed by atoms with Gasteiger partial charge in [0, 0.05) is 12.8 Å². The van der Waals surface area contributed by atoms with Gasteiger partial charge < -0.3 is 14.6 Å². The monoisotopic (exact) mass is 595 g/mol. The lowest BCUT2D eigenvalue weighted by Crippen LogP contribution is -2.28. The second-order valence-corrected chi connectivity index (χ2v) is 12.3. The molecule has 0 fully saturated rings. The molecular weight excluding hydrogens is 524 g/mol. The summed E-state index contributed by atoms with van der Waals surface area (Å²) in [4.78, 5) is 24.2. The second kappa shape index (κ2) is 34.1. The third-order valence-corrected chi connectivity index (χ3v) is 8.06. The van der Waals surface area contributed by atoms with Gasteiger partial charge in [-0.1, -0.05) is 154 Å². The Kier molecular flexibility index (Phi) is 33.0. The summed E-state index contributed by atoms with van der Waals surface area (Å²) in [5.74, 6) is -0.589. The number of aliphatic hydroxyl groups is 1. The van der Waals surface area contributed by atoms with Crippen LogP contribution in [0, 0.1) is 0 Å². The first-order valence-corrected chi connectivity index (χ1v) is 18.2. The maximum atomic E-state index is 12.1. The summed E-state index contributed by atoms with van der Waals surface area (Å²) < 4.78 is 10.6. The van der Waals surface area contributed by atoms with Crippen LogP contribution < -0.4 is 0 Å². The van der Waals surface area contributed by atoms with Crippen LogP contribution >= 0.6 is 0 Å². The SMILES string of the molecule is CCCCCC/C=C\CCCCCCCCCC(=O)OC[C@H](CO)OC(=O)CCCCCCCCCCCCCCC. The number of carbonyl (C=O) groups excluding carboxylic acids is 2. The molecule has 0 unspecified atom stereocenters. The van der Waals surface area contributed by atoms with Crippen molar-refractivity contribution in [1.29, 1.82) is 0 Å². The number of carbonyl (C=O) groups is 2. The first-order chi connectivity index (χ1) is 20.6. The van der Waals surface area contributed by atoms with E-state index in [1.807, 2.05) is 0 Å². The minimum absolute atomic E-state index is 0.0626. The maximum Gasteiger partial charge on any atom is 0.306 e. The highest BCUT2D eigenvalue weighted by Crippen LogP contribution is 2.14. The average molecular weight is 595 g/mol. The molecule has 0 aliphatic rings. The highest BCUT2D eigenvalue weighted by atomic mass is 16.6. The molecule has 0 aromatic heterocycles. The predicted octanol–water partition coefficient (Wildman–Crippen LogP) is 11.0. The van der Waals surface area contributed by atoms with Gasteiger partial charge >= 0.3 is 11.9 Å². The van der Waals surface area contributed by atoms with E-state index in [9.17, 15) is 14.7 Å². The molecule has 0 aliphatic heterocycles. The molecule has 0 amide bonds. The van der Waals surface area contributed by atoms with E-state index in [4.69, 9.17) is 9.47 Å². The lowest BCUT2D eigenvalue weighted by molar-refractivity contribution is -0.161. The van der Waals surface area contributed by atoms with E-state index in [2.05, 4.69) is 26.0 Å². The summed E-state index contributed by atoms with van der Waals surface area (Å²) in [6, 6.07) is 0. The standard InChI is InChI=1S/C37H70O5/c1-3-5-7-9-11-13-15-17-18-20-21-23-25-27-29-31-36(39)41-34-35(33-38)42-37(40)32-30-28-26-24-22-19-16-14-12-10-8-6-4-2/h13,15,35,38H,3-12,14,16-34H2,1-2H3/b15-13-/t35-/m0/s1. The van der Waals surface area contributed by atoms with E-state index in [0.29, 0.717) is 12.8 Å². The molecule has 5 heteroatoms. The predicted molar refractivity (Wildman–Crippen MR) is 178 cm³/mol. The molecule has 42 heavy (non-hydrogen) atoms. The smallest absolute Gasteiger partial charge is 0.306 e. The summed E-state index contributed by atoms with van der Waals surface area (Å²) in [6.07, 6.45) is 36.9. The number of hydrogen-bond acceptors (Lipinski definition) is 5. The number of aliphatic hydroxyl groups excluding tert-OH is 1. The topological polar surface area (TPSA) is 72.8 Å². The lowest BCUT2D eigenvalue weighted by Gasteiger charge is -2.15. The zero-order valence-corrected chi connectivity index (χ0v) is 28.0. The quantitative estimate of drug-likeness (QED) is 0.0465. The Labute approximate surface area is 261 Å². The molecule has 0 radical (unpaired) electrons. The summed E-state index contributed by atoms with van der Waals surface area (Å²) in [7, 11) is 0. The summed E-state index contributed by atoms with van der Waals surface area (Å²) >= 11 is 0. The van der Waals surface area contributed by atoms with E-state index in [-0.39, 0.29) is 25.2 Å². The summed E-state index contributed by atoms with van der Waals surface area (Å²) in [5, 5.41) is 9.52. The minimum Gasteiger partial charge on any atom is -0.462 e. The van der Waals surface area contributed by atoms with Crippen LogP contribution in [0.25, 0.3) is 0 Å². The van der Waals surface area contributed by atoms with Crippen LogP contribution in [0.15, 0.2) is 12.2 Å². The van der Waals surface area contributed by atoms with Gasteiger partial charge in [-0.25, -0.2) is 0 Å². The van der Waals surface area contributed by atoms with Gasteiger partial charge in [0.15, 0.2) is 6.10 Å². The van der Waals surface area contributed by atoms with Crippen molar-refractivity contribution in [3.8, 4) is 0 Å². The molecule has 248 valence electrons. The molecule has 0 bridgehead atoms. The summed E-state index contributed by atoms with van der Waals surface area (Å²) in [5.41, 5.74) is 0. The van der Waals surface area contributed by atoms with E-state index in [0.717, 1.165) is 38.5 Å². The molecule has 0 heterocycles. The van der Waals surface area contributed by atoms with Gasteiger partial charge in [-0.05, 0) is 38.5 Å². The number of allylic oxidation sites excluding steroid dienone is 2. The van der Waals surface area contributed by atoms with Gasteiger partial charge in [0.25, 0.3) is 0 Å². The van der Waals surface area contributed by atoms with E-state index >= 15 is 0 Å². The number of rotatable bonds is 33. The van der Waals surface area contributed by atoms with Gasteiger partial charge in [0.05, 0.1) is 6.61 Å². The molecule has 0 aromatic rings. The van der Waals surface area contributed by atoms with Crippen LogP contribution in [0.4, 0.5) is 0 Å². The number of ether oxygens (including phenoxy) is 2. The fraction of sp³-hybridized carbons (Fsp3) is 0.892. The van der Waals surface area contributed by atoms with Crippen LogP contribution in [0.3, 0.4) is 0 Å². The Morgan fingerprint density at radius 2 is 0.881 bits per heavy atom. The highest BCUT2D eigenvalue weighted by molar-refractivity contribution is 5.70. The van der Waals surface area contributed by atoms with Crippen molar-refractivity contribution in [2.75, 3.05) is 13.2 Å². The van der Waals surface area contributed by atoms with Crippen molar-refractivity contribution in [3.05, 3.63) is 12.2 Å². The van der Waals surface area contributed by atoms with E-state index in [1.54, 1.807) is 0 Å². The van der Waals surface area contributed by atoms with Crippen LogP contribution in [-0.4, -0.2) is 36.4 Å². The molecule has 1 N–H and O–H groups in total. The molecule has 0 saturated heterocycles. The Morgan fingerprint density at radius 3 is 1.31 bits per heavy atom. The molecule has 1 atom stereocenters. The molecule has 0 spiro atoms. The summed E-state index contributed by atoms with van der Waals surface area (Å²) in [6.45, 7) is 4.12. The van der Waals surface area contributed by atoms with Crippen molar-refractivity contribution in [1.82, 2.24) is 0 Å². The van der Waals surface area contributed by atoms with Gasteiger partial charge in [-0.15, -0.1) is 0 Å². The fourth-order valence-electron chi connectivity index (χ4n) is 5.25. The third kappa shape index (κ3) is 31.6. The van der Waals surface area contributed by atoms with E-state index < -0.39 is 6.10 Å². The Bertz CT molecular complexity index is 603. The lowest BCUT2D eigenvalue weighted by atomic mass is 10.0. The van der Waals surface area contributed by atoms with Gasteiger partial charge in [-0.2, -0.15) is 0 Å². The first-order valence-electron chi connectivity index (χ1n) is 18.2. The van der Waals surface area contributed by atoms with Crippen molar-refractivity contribution in [2.24, 2.45) is 0 Å². The Morgan fingerprint density at radius 1 is 0.524 bits per heavy atom. The Balaban J connectivity index is 3.54. The second-order valence-electron chi connectivity index (χ2n) is 12.3. The highest BCUT2D eigenvalue weighted by Gasteiger charge is 2.16. The zero-order chi connectivity index (χ0) is 30.8. The molecule has 0 aromatic carbocycles. The largest absolute Gasteiger partial charge is 0.462 e. The van der Waals surface area contributed by atoms with Crippen molar-refractivity contribution >= 4 is 11.9 Å². The van der Waals surface area contributed by atoms with E-state index in [1.165, 1.54) is 128 Å². The number of esters is 2. The molecular formula is C37H70O5. The van der Waals surface area contributed by atoms with Crippen molar-refractivity contribution in [3.63, 3.8) is 0 Å². The minimum atomic E-state index is -0.765. The fourth-order valence-corrected chi connectivity index (χ4v) is 5.25. The van der Waals surface area contributed by atoms with Gasteiger partial charge in [0.2, 0.25) is 0 Å². The van der Waals surface area contributed by atoms with Gasteiger partial charge in [0.1, 0.15) is 6.61 Å². The Hall–Kier alpha value is -1.36. The maximum absolute atomic E-state index is 12.1. The molecule has 5 nitrogen and oxygen atoms in total. The van der Waals surface area contributed by atoms with Crippen molar-refractivity contribution < 1.29 is 24.2 Å². The van der Waals surface area contributed by atoms with Gasteiger partial charge in [-0.3, -0.25) is 9.59 Å². The first kappa shape index (κ1) is 40.6. The third-order valence-electron chi connectivity index (χ3n) is 8.06. The number of hydrogen-bond donors (Lipinski definition) is 1. The molecule has 0 aliphatic carbocycles. The van der Waals surface area contributed by atoms with Crippen LogP contribution in [0.2, 0.25) is 0 Å². The van der Waals surface area contributed by atoms with Crippen LogP contribution in [-0.2, 0) is 19.1 Å². The van der Waals surface area contributed by atoms with Crippen LogP contribution in [0.5, 0.6) is 0 Å². The molecule has 0 saturated carbocycles. The zero-order valence-electron chi connectivity index (χ0n) is 28.0. The average Bonchev–Trinajstić information content (AvgIpc) is 2.99.